The predicted octanol–water partition coefficient (Wildman–Crippen LogP) is 0.748. The Morgan fingerprint density at radius 2 is 2.19 bits per heavy atom. The number of carbonyl (C=O) groups excluding carboxylic acids is 1. The normalized spacial score (nSPS) is 10.8. The van der Waals surface area contributed by atoms with E-state index in [0.717, 1.165) is 0 Å². The Labute approximate surface area is 102 Å². The minimum Gasteiger partial charge on any atom is -0.351 e. The molecule has 0 bridgehead atoms. The van der Waals surface area contributed by atoms with E-state index in [1.54, 1.807) is 17.1 Å². The summed E-state index contributed by atoms with van der Waals surface area (Å²) >= 11 is 0. The van der Waals surface area contributed by atoms with E-state index in [-0.39, 0.29) is 23.9 Å². The zero-order chi connectivity index (χ0) is 11.5. The second-order valence-electron chi connectivity index (χ2n) is 4.39. The minimum atomic E-state index is -0.129. The van der Waals surface area contributed by atoms with E-state index in [1.807, 2.05) is 20.8 Å². The minimum absolute atomic E-state index is 0. The Balaban J connectivity index is 0.00000225. The van der Waals surface area contributed by atoms with Gasteiger partial charge in [-0.05, 0) is 20.8 Å². The van der Waals surface area contributed by atoms with Gasteiger partial charge in [-0.1, -0.05) is 0 Å². The first-order chi connectivity index (χ1) is 6.95. The van der Waals surface area contributed by atoms with Gasteiger partial charge in [0, 0.05) is 19.3 Å². The molecule has 1 rings (SSSR count). The highest BCUT2D eigenvalue weighted by Crippen LogP contribution is 2.12. The Hall–Kier alpha value is -1.07. The van der Waals surface area contributed by atoms with E-state index < -0.39 is 0 Å². The molecule has 16 heavy (non-hydrogen) atoms. The van der Waals surface area contributed by atoms with Crippen molar-refractivity contribution in [2.75, 3.05) is 13.1 Å². The van der Waals surface area contributed by atoms with Gasteiger partial charge in [0.15, 0.2) is 0 Å². The average Bonchev–Trinajstić information content (AvgIpc) is 2.62. The summed E-state index contributed by atoms with van der Waals surface area (Å²) in [6.45, 7) is 7.02. The van der Waals surface area contributed by atoms with Crippen LogP contribution in [-0.4, -0.2) is 28.8 Å². The summed E-state index contributed by atoms with van der Waals surface area (Å²) in [7, 11) is 0. The highest BCUT2D eigenvalue weighted by Gasteiger charge is 2.16. The fourth-order valence-corrected chi connectivity index (χ4v) is 1.09. The van der Waals surface area contributed by atoms with E-state index >= 15 is 0 Å². The second kappa shape index (κ2) is 5.86. The van der Waals surface area contributed by atoms with E-state index in [0.29, 0.717) is 18.7 Å². The first kappa shape index (κ1) is 14.9. The molecule has 0 saturated heterocycles. The van der Waals surface area contributed by atoms with Gasteiger partial charge in [-0.15, -0.1) is 12.4 Å². The first-order valence-corrected chi connectivity index (χ1v) is 4.98. The van der Waals surface area contributed by atoms with Crippen LogP contribution in [0.5, 0.6) is 0 Å². The van der Waals surface area contributed by atoms with Crippen molar-refractivity contribution in [3.8, 4) is 0 Å². The lowest BCUT2D eigenvalue weighted by atomic mass is 10.1. The number of amides is 1. The van der Waals surface area contributed by atoms with Gasteiger partial charge in [-0.25, -0.2) is 0 Å². The quantitative estimate of drug-likeness (QED) is 0.827. The number of rotatable bonds is 3. The smallest absolute Gasteiger partial charge is 0.254 e. The molecule has 0 atom stereocenters. The lowest BCUT2D eigenvalue weighted by Gasteiger charge is -2.18. The van der Waals surface area contributed by atoms with Gasteiger partial charge in [0.25, 0.3) is 5.91 Å². The molecule has 0 spiro atoms. The number of hydrogen-bond donors (Lipinski definition) is 2. The fraction of sp³-hybridized carbons (Fsp3) is 0.600. The SMILES string of the molecule is CC(C)(C)n1cc(C(=O)NCCN)cn1.Cl. The molecule has 0 aromatic carbocycles. The highest BCUT2D eigenvalue weighted by atomic mass is 35.5. The van der Waals surface area contributed by atoms with Crippen molar-refractivity contribution in [2.45, 2.75) is 26.3 Å². The Kier molecular flexibility index (Phi) is 5.47. The van der Waals surface area contributed by atoms with E-state index in [4.69, 9.17) is 5.73 Å². The molecule has 6 heteroatoms. The molecule has 0 saturated carbocycles. The molecule has 1 aromatic rings. The van der Waals surface area contributed by atoms with Crippen molar-refractivity contribution in [1.82, 2.24) is 15.1 Å². The molecule has 0 aliphatic rings. The number of carbonyl (C=O) groups is 1. The van der Waals surface area contributed by atoms with Crippen molar-refractivity contribution in [1.29, 1.82) is 0 Å². The number of hydrogen-bond acceptors (Lipinski definition) is 3. The Morgan fingerprint density at radius 1 is 1.56 bits per heavy atom. The number of nitrogens with zero attached hydrogens (tertiary/aromatic N) is 2. The van der Waals surface area contributed by atoms with Crippen molar-refractivity contribution in [3.63, 3.8) is 0 Å². The molecule has 0 fully saturated rings. The molecule has 0 aliphatic carbocycles. The molecule has 5 nitrogen and oxygen atoms in total. The lowest BCUT2D eigenvalue weighted by molar-refractivity contribution is 0.0954. The van der Waals surface area contributed by atoms with E-state index in [2.05, 4.69) is 10.4 Å². The first-order valence-electron chi connectivity index (χ1n) is 4.98. The number of nitrogens with one attached hydrogen (secondary N) is 1. The van der Waals surface area contributed by atoms with E-state index in [1.165, 1.54) is 0 Å². The van der Waals surface area contributed by atoms with Gasteiger partial charge in [0.1, 0.15) is 0 Å². The summed E-state index contributed by atoms with van der Waals surface area (Å²) in [5.41, 5.74) is 5.76. The van der Waals surface area contributed by atoms with Crippen molar-refractivity contribution in [3.05, 3.63) is 18.0 Å². The molecular weight excluding hydrogens is 228 g/mol. The molecule has 3 N–H and O–H groups in total. The summed E-state index contributed by atoms with van der Waals surface area (Å²) < 4.78 is 1.77. The summed E-state index contributed by atoms with van der Waals surface area (Å²) in [5.74, 6) is -0.129. The van der Waals surface area contributed by atoms with Crippen LogP contribution in [0.1, 0.15) is 31.1 Å². The zero-order valence-electron chi connectivity index (χ0n) is 9.86. The molecule has 1 heterocycles. The second-order valence-corrected chi connectivity index (χ2v) is 4.39. The van der Waals surface area contributed by atoms with Gasteiger partial charge in [0.2, 0.25) is 0 Å². The van der Waals surface area contributed by atoms with Crippen LogP contribution in [0.3, 0.4) is 0 Å². The van der Waals surface area contributed by atoms with Crippen molar-refractivity contribution < 1.29 is 4.79 Å². The Bertz CT molecular complexity index is 343. The van der Waals surface area contributed by atoms with E-state index in [9.17, 15) is 4.79 Å². The molecule has 0 unspecified atom stereocenters. The zero-order valence-corrected chi connectivity index (χ0v) is 10.7. The molecule has 1 aromatic heterocycles. The van der Waals surface area contributed by atoms with Crippen LogP contribution in [0, 0.1) is 0 Å². The predicted molar refractivity (Wildman–Crippen MR) is 65.9 cm³/mol. The van der Waals surface area contributed by atoms with Gasteiger partial charge in [-0.3, -0.25) is 9.48 Å². The summed E-state index contributed by atoms with van der Waals surface area (Å²) in [5, 5.41) is 6.84. The maximum Gasteiger partial charge on any atom is 0.254 e. The standard InChI is InChI=1S/C10H18N4O.ClH/c1-10(2,3)14-7-8(6-13-14)9(15)12-5-4-11;/h6-7H,4-5,11H2,1-3H3,(H,12,15);1H. The summed E-state index contributed by atoms with van der Waals surface area (Å²) in [6.07, 6.45) is 3.31. The van der Waals surface area contributed by atoms with Gasteiger partial charge in [0.05, 0.1) is 17.3 Å². The largest absolute Gasteiger partial charge is 0.351 e. The van der Waals surface area contributed by atoms with Crippen molar-refractivity contribution in [2.24, 2.45) is 5.73 Å². The fourth-order valence-electron chi connectivity index (χ4n) is 1.09. The third kappa shape index (κ3) is 3.83. The van der Waals surface area contributed by atoms with Gasteiger partial charge < -0.3 is 11.1 Å². The highest BCUT2D eigenvalue weighted by molar-refractivity contribution is 5.93. The third-order valence-electron chi connectivity index (χ3n) is 1.96. The number of aromatic nitrogens is 2. The van der Waals surface area contributed by atoms with Crippen LogP contribution in [0.4, 0.5) is 0 Å². The maximum atomic E-state index is 11.5. The maximum absolute atomic E-state index is 11.5. The molecular formula is C10H19ClN4O. The molecule has 1 amide bonds. The third-order valence-corrected chi connectivity index (χ3v) is 1.96. The summed E-state index contributed by atoms with van der Waals surface area (Å²) in [6, 6.07) is 0. The van der Waals surface area contributed by atoms with Gasteiger partial charge >= 0.3 is 0 Å². The average molecular weight is 247 g/mol. The number of halogens is 1. The van der Waals surface area contributed by atoms with Crippen LogP contribution < -0.4 is 11.1 Å². The molecule has 0 aliphatic heterocycles. The Morgan fingerprint density at radius 3 is 2.62 bits per heavy atom. The van der Waals surface area contributed by atoms with Crippen molar-refractivity contribution >= 4 is 18.3 Å². The molecule has 0 radical (unpaired) electrons. The van der Waals surface area contributed by atoms with Crippen LogP contribution in [0.15, 0.2) is 12.4 Å². The lowest BCUT2D eigenvalue weighted by Crippen LogP contribution is -2.29. The molecule has 92 valence electrons. The monoisotopic (exact) mass is 246 g/mol. The topological polar surface area (TPSA) is 72.9 Å². The summed E-state index contributed by atoms with van der Waals surface area (Å²) in [4.78, 5) is 11.5. The van der Waals surface area contributed by atoms with Crippen LogP contribution >= 0.6 is 12.4 Å². The van der Waals surface area contributed by atoms with Crippen LogP contribution in [-0.2, 0) is 5.54 Å². The van der Waals surface area contributed by atoms with Crippen LogP contribution in [0.2, 0.25) is 0 Å². The number of nitrogens with two attached hydrogens (primary N) is 1. The van der Waals surface area contributed by atoms with Gasteiger partial charge in [-0.2, -0.15) is 5.10 Å². The van der Waals surface area contributed by atoms with Crippen LogP contribution in [0.25, 0.3) is 0 Å².